The highest BCUT2D eigenvalue weighted by atomic mass is 16.1. The fraction of sp³-hybridized carbons (Fsp3) is 0.778. The van der Waals surface area contributed by atoms with E-state index in [-0.39, 0.29) is 11.9 Å². The van der Waals surface area contributed by atoms with Crippen molar-refractivity contribution in [2.45, 2.75) is 39.7 Å². The van der Waals surface area contributed by atoms with Crippen molar-refractivity contribution in [1.29, 1.82) is 0 Å². The molecule has 70 valence electrons. The summed E-state index contributed by atoms with van der Waals surface area (Å²) in [7, 11) is 1.76. The predicted octanol–water partition coefficient (Wildman–Crippen LogP) is 1.38. The average Bonchev–Trinajstić information content (AvgIpc) is 2.03. The second-order valence-corrected chi connectivity index (χ2v) is 2.95. The van der Waals surface area contributed by atoms with Crippen molar-refractivity contribution >= 4 is 11.6 Å². The highest BCUT2D eigenvalue weighted by Crippen LogP contribution is 1.94. The molecule has 0 spiro atoms. The summed E-state index contributed by atoms with van der Waals surface area (Å²) in [4.78, 5) is 15.2. The lowest BCUT2D eigenvalue weighted by molar-refractivity contribution is -0.119. The molecule has 0 aliphatic carbocycles. The molecular weight excluding hydrogens is 152 g/mol. The van der Waals surface area contributed by atoms with Crippen LogP contribution in [0.15, 0.2) is 4.99 Å². The fourth-order valence-electron chi connectivity index (χ4n) is 0.826. The van der Waals surface area contributed by atoms with E-state index in [1.54, 1.807) is 7.05 Å². The molecule has 0 aromatic heterocycles. The number of likely N-dealkylation sites (N-methyl/N-ethyl adjacent to an activating group) is 1. The first kappa shape index (κ1) is 11.3. The molecule has 1 N–H and O–H groups in total. The molecule has 3 heteroatoms. The molecule has 0 aliphatic heterocycles. The molecule has 1 atom stereocenters. The normalized spacial score (nSPS) is 14.5. The molecule has 3 nitrogen and oxygen atoms in total. The van der Waals surface area contributed by atoms with Crippen LogP contribution in [0.3, 0.4) is 0 Å². The van der Waals surface area contributed by atoms with Gasteiger partial charge in [0.15, 0.2) is 0 Å². The Morgan fingerprint density at radius 3 is 2.58 bits per heavy atom. The van der Waals surface area contributed by atoms with Gasteiger partial charge in [0.05, 0.1) is 6.04 Å². The van der Waals surface area contributed by atoms with Gasteiger partial charge in [-0.1, -0.05) is 13.3 Å². The van der Waals surface area contributed by atoms with Crippen LogP contribution in [0.25, 0.3) is 0 Å². The maximum absolute atomic E-state index is 11.2. The third kappa shape index (κ3) is 4.23. The summed E-state index contributed by atoms with van der Waals surface area (Å²) in [5.74, 6) is -0.0801. The SMILES string of the molecule is CCCC(C)=NC(=O)[C@H](C)NC. The Bertz CT molecular complexity index is 175. The lowest BCUT2D eigenvalue weighted by Crippen LogP contribution is -2.29. The molecule has 0 heterocycles. The van der Waals surface area contributed by atoms with Gasteiger partial charge in [-0.05, 0) is 27.3 Å². The summed E-state index contributed by atoms with van der Waals surface area (Å²) in [6.45, 7) is 5.78. The minimum absolute atomic E-state index is 0.0801. The minimum atomic E-state index is -0.170. The van der Waals surface area contributed by atoms with Crippen LogP contribution in [0.5, 0.6) is 0 Å². The van der Waals surface area contributed by atoms with Gasteiger partial charge in [-0.15, -0.1) is 0 Å². The van der Waals surface area contributed by atoms with Gasteiger partial charge in [-0.25, -0.2) is 4.99 Å². The largest absolute Gasteiger partial charge is 0.309 e. The lowest BCUT2D eigenvalue weighted by atomic mass is 10.2. The zero-order valence-corrected chi connectivity index (χ0v) is 8.35. The molecule has 0 aliphatic rings. The van der Waals surface area contributed by atoms with Gasteiger partial charge in [0.2, 0.25) is 0 Å². The molecule has 0 saturated carbocycles. The van der Waals surface area contributed by atoms with Crippen molar-refractivity contribution in [3.8, 4) is 0 Å². The van der Waals surface area contributed by atoms with Crippen molar-refractivity contribution in [2.75, 3.05) is 7.05 Å². The molecule has 0 unspecified atom stereocenters. The van der Waals surface area contributed by atoms with E-state index in [2.05, 4.69) is 17.2 Å². The van der Waals surface area contributed by atoms with Gasteiger partial charge >= 0.3 is 0 Å². The van der Waals surface area contributed by atoms with Crippen molar-refractivity contribution in [2.24, 2.45) is 4.99 Å². The molecular formula is C9H18N2O. The van der Waals surface area contributed by atoms with Crippen LogP contribution in [-0.4, -0.2) is 24.7 Å². The van der Waals surface area contributed by atoms with Crippen molar-refractivity contribution in [3.05, 3.63) is 0 Å². The molecule has 0 rings (SSSR count). The van der Waals surface area contributed by atoms with Crippen LogP contribution < -0.4 is 5.32 Å². The van der Waals surface area contributed by atoms with Gasteiger partial charge < -0.3 is 5.32 Å². The molecule has 1 amide bonds. The first-order chi connectivity index (χ1) is 5.61. The van der Waals surface area contributed by atoms with Crippen LogP contribution >= 0.6 is 0 Å². The number of rotatable bonds is 4. The number of carbonyl (C=O) groups excluding carboxylic acids is 1. The van der Waals surface area contributed by atoms with Crippen LogP contribution in [0.2, 0.25) is 0 Å². The second-order valence-electron chi connectivity index (χ2n) is 2.95. The number of amides is 1. The third-order valence-electron chi connectivity index (χ3n) is 1.72. The van der Waals surface area contributed by atoms with E-state index in [9.17, 15) is 4.79 Å². The number of hydrogen-bond donors (Lipinski definition) is 1. The van der Waals surface area contributed by atoms with Crippen LogP contribution in [-0.2, 0) is 4.79 Å². The second kappa shape index (κ2) is 5.89. The van der Waals surface area contributed by atoms with E-state index in [0.29, 0.717) is 0 Å². The van der Waals surface area contributed by atoms with Gasteiger partial charge in [0.1, 0.15) is 0 Å². The Morgan fingerprint density at radius 1 is 1.58 bits per heavy atom. The summed E-state index contributed by atoms with van der Waals surface area (Å²) in [6.07, 6.45) is 1.94. The topological polar surface area (TPSA) is 41.5 Å². The van der Waals surface area contributed by atoms with Crippen LogP contribution in [0.4, 0.5) is 0 Å². The van der Waals surface area contributed by atoms with E-state index < -0.39 is 0 Å². The van der Waals surface area contributed by atoms with E-state index in [4.69, 9.17) is 0 Å². The quantitative estimate of drug-likeness (QED) is 0.648. The summed E-state index contributed by atoms with van der Waals surface area (Å²) in [6, 6.07) is -0.170. The first-order valence-electron chi connectivity index (χ1n) is 4.37. The Balaban J connectivity index is 4.04. The van der Waals surface area contributed by atoms with E-state index in [0.717, 1.165) is 18.6 Å². The zero-order chi connectivity index (χ0) is 9.56. The number of nitrogens with one attached hydrogen (secondary N) is 1. The minimum Gasteiger partial charge on any atom is -0.309 e. The molecule has 0 aromatic carbocycles. The Hall–Kier alpha value is -0.700. The van der Waals surface area contributed by atoms with E-state index >= 15 is 0 Å². The Kier molecular flexibility index (Phi) is 5.54. The maximum Gasteiger partial charge on any atom is 0.262 e. The fourth-order valence-corrected chi connectivity index (χ4v) is 0.826. The third-order valence-corrected chi connectivity index (χ3v) is 1.72. The maximum atomic E-state index is 11.2. The lowest BCUT2D eigenvalue weighted by Gasteiger charge is -2.04. The summed E-state index contributed by atoms with van der Waals surface area (Å²) >= 11 is 0. The van der Waals surface area contributed by atoms with E-state index in [1.165, 1.54) is 0 Å². The Morgan fingerprint density at radius 2 is 2.17 bits per heavy atom. The first-order valence-corrected chi connectivity index (χ1v) is 4.37. The summed E-state index contributed by atoms with van der Waals surface area (Å²) < 4.78 is 0. The average molecular weight is 170 g/mol. The molecule has 0 aromatic rings. The van der Waals surface area contributed by atoms with Crippen LogP contribution in [0.1, 0.15) is 33.6 Å². The summed E-state index contributed by atoms with van der Waals surface area (Å²) in [5.41, 5.74) is 0.921. The zero-order valence-electron chi connectivity index (χ0n) is 8.35. The van der Waals surface area contributed by atoms with Crippen molar-refractivity contribution < 1.29 is 4.79 Å². The standard InChI is InChI=1S/C9H18N2O/c1-5-6-7(2)11-9(12)8(3)10-4/h8,10H,5-6H2,1-4H3/t8-/m0/s1. The number of nitrogens with zero attached hydrogens (tertiary/aromatic N) is 1. The number of hydrogen-bond acceptors (Lipinski definition) is 2. The molecule has 0 fully saturated rings. The van der Waals surface area contributed by atoms with Gasteiger partial charge in [0, 0.05) is 5.71 Å². The van der Waals surface area contributed by atoms with Gasteiger partial charge in [-0.2, -0.15) is 0 Å². The monoisotopic (exact) mass is 170 g/mol. The molecule has 12 heavy (non-hydrogen) atoms. The Labute approximate surface area is 74.3 Å². The summed E-state index contributed by atoms with van der Waals surface area (Å²) in [5, 5.41) is 2.86. The highest BCUT2D eigenvalue weighted by Gasteiger charge is 2.07. The van der Waals surface area contributed by atoms with Crippen molar-refractivity contribution in [1.82, 2.24) is 5.32 Å². The van der Waals surface area contributed by atoms with Gasteiger partial charge in [-0.3, -0.25) is 4.79 Å². The van der Waals surface area contributed by atoms with Gasteiger partial charge in [0.25, 0.3) is 5.91 Å². The molecule has 0 saturated heterocycles. The molecule has 0 bridgehead atoms. The van der Waals surface area contributed by atoms with Crippen molar-refractivity contribution in [3.63, 3.8) is 0 Å². The molecule has 0 radical (unpaired) electrons. The van der Waals surface area contributed by atoms with Crippen LogP contribution in [0, 0.1) is 0 Å². The number of aliphatic imine (C=N–C) groups is 1. The number of carbonyl (C=O) groups is 1. The predicted molar refractivity (Wildman–Crippen MR) is 51.5 cm³/mol. The highest BCUT2D eigenvalue weighted by molar-refractivity contribution is 5.96. The van der Waals surface area contributed by atoms with E-state index in [1.807, 2.05) is 13.8 Å². The smallest absolute Gasteiger partial charge is 0.262 e.